The highest BCUT2D eigenvalue weighted by Crippen LogP contribution is 2.18. The fraction of sp³-hybridized carbons (Fsp3) is 0.133. The number of non-ortho nitro benzene ring substituents is 1. The van der Waals surface area contributed by atoms with Gasteiger partial charge in [0.2, 0.25) is 0 Å². The topological polar surface area (TPSA) is 92.5 Å². The van der Waals surface area contributed by atoms with Crippen LogP contribution in [-0.4, -0.2) is 16.0 Å². The Kier molecular flexibility index (Phi) is 4.18. The molecule has 0 saturated heterocycles. The van der Waals surface area contributed by atoms with Crippen LogP contribution >= 0.6 is 0 Å². The summed E-state index contributed by atoms with van der Waals surface area (Å²) in [6.07, 6.45) is 0. The number of nitro groups is 1. The van der Waals surface area contributed by atoms with Gasteiger partial charge in [-0.25, -0.2) is 4.79 Å². The second kappa shape index (κ2) is 6.04. The van der Waals surface area contributed by atoms with Crippen LogP contribution in [0.4, 0.5) is 11.4 Å². The average Bonchev–Trinajstić information content (AvgIpc) is 2.45. The maximum atomic E-state index is 10.9. The molecule has 0 aliphatic heterocycles. The van der Waals surface area contributed by atoms with Crippen molar-refractivity contribution in [3.05, 3.63) is 69.3 Å². The van der Waals surface area contributed by atoms with Crippen LogP contribution in [0.1, 0.15) is 21.5 Å². The summed E-state index contributed by atoms with van der Waals surface area (Å²) in [4.78, 5) is 21.2. The van der Waals surface area contributed by atoms with Gasteiger partial charge in [0.1, 0.15) is 0 Å². The minimum absolute atomic E-state index is 0.0479. The number of nitro benzene ring substituents is 1. The van der Waals surface area contributed by atoms with Crippen molar-refractivity contribution in [3.8, 4) is 0 Å². The first-order chi connectivity index (χ1) is 9.97. The van der Waals surface area contributed by atoms with Crippen LogP contribution in [0.3, 0.4) is 0 Å². The number of anilines is 1. The van der Waals surface area contributed by atoms with E-state index in [0.29, 0.717) is 12.1 Å². The molecule has 0 atom stereocenters. The van der Waals surface area contributed by atoms with Crippen LogP contribution in [0.15, 0.2) is 42.5 Å². The molecule has 0 unspecified atom stereocenters. The standard InChI is InChI=1S/C15H14N2O4/c1-10-7-12(5-6-14(10)15(18)19)16-9-11-3-2-4-13(8-11)17(20)21/h2-8,16H,9H2,1H3,(H,18,19). The zero-order chi connectivity index (χ0) is 15.4. The van der Waals surface area contributed by atoms with Gasteiger partial charge in [-0.3, -0.25) is 10.1 Å². The van der Waals surface area contributed by atoms with Crippen molar-refractivity contribution < 1.29 is 14.8 Å². The van der Waals surface area contributed by atoms with Crippen LogP contribution in [-0.2, 0) is 6.54 Å². The molecule has 0 fully saturated rings. The van der Waals surface area contributed by atoms with E-state index in [4.69, 9.17) is 5.11 Å². The normalized spacial score (nSPS) is 10.1. The molecule has 0 heterocycles. The summed E-state index contributed by atoms with van der Waals surface area (Å²) in [6.45, 7) is 2.15. The Hall–Kier alpha value is -2.89. The van der Waals surface area contributed by atoms with Gasteiger partial charge in [0.05, 0.1) is 10.5 Å². The Morgan fingerprint density at radius 1 is 1.29 bits per heavy atom. The molecule has 0 aromatic heterocycles. The largest absolute Gasteiger partial charge is 0.478 e. The summed E-state index contributed by atoms with van der Waals surface area (Å²) in [5, 5.41) is 22.8. The van der Waals surface area contributed by atoms with Crippen molar-refractivity contribution in [1.29, 1.82) is 0 Å². The van der Waals surface area contributed by atoms with Crippen molar-refractivity contribution in [2.24, 2.45) is 0 Å². The predicted molar refractivity (Wildman–Crippen MR) is 78.6 cm³/mol. The van der Waals surface area contributed by atoms with Gasteiger partial charge in [-0.15, -0.1) is 0 Å². The molecule has 21 heavy (non-hydrogen) atoms. The summed E-state index contributed by atoms with van der Waals surface area (Å²) in [5.41, 5.74) is 2.52. The van der Waals surface area contributed by atoms with Crippen LogP contribution in [0.25, 0.3) is 0 Å². The number of carboxylic acids is 1. The van der Waals surface area contributed by atoms with E-state index < -0.39 is 10.9 Å². The lowest BCUT2D eigenvalue weighted by molar-refractivity contribution is -0.384. The first-order valence-corrected chi connectivity index (χ1v) is 6.28. The molecule has 0 aliphatic rings. The molecule has 108 valence electrons. The van der Waals surface area contributed by atoms with Crippen LogP contribution in [0.5, 0.6) is 0 Å². The van der Waals surface area contributed by atoms with Crippen molar-refractivity contribution in [2.45, 2.75) is 13.5 Å². The number of hydrogen-bond donors (Lipinski definition) is 2. The Morgan fingerprint density at radius 3 is 2.67 bits per heavy atom. The Morgan fingerprint density at radius 2 is 2.05 bits per heavy atom. The molecular formula is C15H14N2O4. The van der Waals surface area contributed by atoms with Crippen molar-refractivity contribution in [3.63, 3.8) is 0 Å². The molecule has 0 amide bonds. The molecular weight excluding hydrogens is 272 g/mol. The third-order valence-electron chi connectivity index (χ3n) is 3.07. The zero-order valence-electron chi connectivity index (χ0n) is 11.4. The molecule has 0 radical (unpaired) electrons. The lowest BCUT2D eigenvalue weighted by Gasteiger charge is -2.09. The van der Waals surface area contributed by atoms with E-state index in [9.17, 15) is 14.9 Å². The SMILES string of the molecule is Cc1cc(NCc2cccc([N+](=O)[O-])c2)ccc1C(=O)O. The fourth-order valence-corrected chi connectivity index (χ4v) is 2.00. The Bertz CT molecular complexity index is 698. The van der Waals surface area contributed by atoms with E-state index in [1.165, 1.54) is 18.2 Å². The summed E-state index contributed by atoms with van der Waals surface area (Å²) in [7, 11) is 0. The van der Waals surface area contributed by atoms with Crippen LogP contribution < -0.4 is 5.32 Å². The number of nitrogens with one attached hydrogen (secondary N) is 1. The molecule has 2 N–H and O–H groups in total. The third-order valence-corrected chi connectivity index (χ3v) is 3.07. The van der Waals surface area contributed by atoms with Gasteiger partial charge < -0.3 is 10.4 Å². The number of nitrogens with zero attached hydrogens (tertiary/aromatic N) is 1. The Labute approximate surface area is 121 Å². The summed E-state index contributed by atoms with van der Waals surface area (Å²) < 4.78 is 0. The van der Waals surface area contributed by atoms with Crippen molar-refractivity contribution >= 4 is 17.3 Å². The van der Waals surface area contributed by atoms with Gasteiger partial charge in [-0.1, -0.05) is 12.1 Å². The van der Waals surface area contributed by atoms with Gasteiger partial charge in [-0.05, 0) is 36.2 Å². The summed E-state index contributed by atoms with van der Waals surface area (Å²) in [5.74, 6) is -0.960. The first-order valence-electron chi connectivity index (χ1n) is 6.28. The van der Waals surface area contributed by atoms with E-state index in [2.05, 4.69) is 5.32 Å². The molecule has 0 spiro atoms. The quantitative estimate of drug-likeness (QED) is 0.650. The van der Waals surface area contributed by atoms with Gasteiger partial charge in [0, 0.05) is 24.4 Å². The predicted octanol–water partition coefficient (Wildman–Crippen LogP) is 3.21. The molecule has 2 aromatic rings. The number of aromatic carboxylic acids is 1. The van der Waals surface area contributed by atoms with Gasteiger partial charge in [0.15, 0.2) is 0 Å². The van der Waals surface area contributed by atoms with Gasteiger partial charge in [0.25, 0.3) is 5.69 Å². The minimum atomic E-state index is -0.960. The highest BCUT2D eigenvalue weighted by Gasteiger charge is 2.08. The van der Waals surface area contributed by atoms with Gasteiger partial charge in [-0.2, -0.15) is 0 Å². The number of aryl methyl sites for hydroxylation is 1. The van der Waals surface area contributed by atoms with E-state index in [1.807, 2.05) is 0 Å². The number of hydrogen-bond acceptors (Lipinski definition) is 4. The molecule has 6 nitrogen and oxygen atoms in total. The maximum Gasteiger partial charge on any atom is 0.335 e. The summed E-state index contributed by atoms with van der Waals surface area (Å²) in [6, 6.07) is 11.3. The molecule has 2 rings (SSSR count). The maximum absolute atomic E-state index is 10.9. The van der Waals surface area contributed by atoms with E-state index in [1.54, 1.807) is 31.2 Å². The van der Waals surface area contributed by atoms with Gasteiger partial charge >= 0.3 is 5.97 Å². The number of benzene rings is 2. The Balaban J connectivity index is 2.10. The van der Waals surface area contributed by atoms with E-state index in [-0.39, 0.29) is 11.3 Å². The summed E-state index contributed by atoms with van der Waals surface area (Å²) >= 11 is 0. The molecule has 0 saturated carbocycles. The minimum Gasteiger partial charge on any atom is -0.478 e. The molecule has 6 heteroatoms. The monoisotopic (exact) mass is 286 g/mol. The van der Waals surface area contributed by atoms with Crippen LogP contribution in [0.2, 0.25) is 0 Å². The molecule has 0 aliphatic carbocycles. The lowest BCUT2D eigenvalue weighted by Crippen LogP contribution is -2.03. The smallest absolute Gasteiger partial charge is 0.335 e. The highest BCUT2D eigenvalue weighted by molar-refractivity contribution is 5.89. The molecule has 0 bridgehead atoms. The van der Waals surface area contributed by atoms with E-state index in [0.717, 1.165) is 11.3 Å². The number of carbonyl (C=O) groups is 1. The first kappa shape index (κ1) is 14.5. The van der Waals surface area contributed by atoms with Crippen LogP contribution in [0, 0.1) is 17.0 Å². The highest BCUT2D eigenvalue weighted by atomic mass is 16.6. The molecule has 2 aromatic carbocycles. The average molecular weight is 286 g/mol. The fourth-order valence-electron chi connectivity index (χ4n) is 2.00. The second-order valence-corrected chi connectivity index (χ2v) is 4.62. The third kappa shape index (κ3) is 3.56. The van der Waals surface area contributed by atoms with E-state index >= 15 is 0 Å². The van der Waals surface area contributed by atoms with Crippen molar-refractivity contribution in [1.82, 2.24) is 0 Å². The lowest BCUT2D eigenvalue weighted by atomic mass is 10.1. The second-order valence-electron chi connectivity index (χ2n) is 4.62. The zero-order valence-corrected chi connectivity index (χ0v) is 11.4. The number of rotatable bonds is 5. The van der Waals surface area contributed by atoms with Crippen molar-refractivity contribution in [2.75, 3.05) is 5.32 Å². The number of carboxylic acid groups (broad SMARTS) is 1.